The third kappa shape index (κ3) is 4.65. The molecule has 0 aliphatic carbocycles. The molecule has 0 saturated carbocycles. The van der Waals surface area contributed by atoms with Gasteiger partial charge in [-0.05, 0) is 63.4 Å². The van der Waals surface area contributed by atoms with Crippen molar-refractivity contribution in [1.29, 1.82) is 0 Å². The van der Waals surface area contributed by atoms with Gasteiger partial charge in [0, 0.05) is 47.3 Å². The van der Waals surface area contributed by atoms with Crippen molar-refractivity contribution in [3.05, 3.63) is 52.0 Å². The van der Waals surface area contributed by atoms with Crippen LogP contribution in [0.5, 0.6) is 0 Å². The largest absolute Gasteiger partial charge is 0.381 e. The van der Waals surface area contributed by atoms with E-state index in [4.69, 9.17) is 4.74 Å². The highest BCUT2D eigenvalue weighted by Crippen LogP contribution is 2.37. The molecule has 130 valence electrons. The molecular weight excluding hydrogens is 316 g/mol. The summed E-state index contributed by atoms with van der Waals surface area (Å²) in [6.45, 7) is 9.27. The number of thiophene rings is 1. The van der Waals surface area contributed by atoms with E-state index in [1.165, 1.54) is 34.6 Å². The summed E-state index contributed by atoms with van der Waals surface area (Å²) in [4.78, 5) is 9.73. The predicted octanol–water partition coefficient (Wildman–Crippen LogP) is 4.31. The molecule has 3 heterocycles. The zero-order valence-electron chi connectivity index (χ0n) is 14.8. The third-order valence-electron chi connectivity index (χ3n) is 4.96. The van der Waals surface area contributed by atoms with Crippen molar-refractivity contribution < 1.29 is 4.74 Å². The third-order valence-corrected chi connectivity index (χ3v) is 6.02. The summed E-state index contributed by atoms with van der Waals surface area (Å²) in [6, 6.07) is 8.72. The Labute approximate surface area is 149 Å². The van der Waals surface area contributed by atoms with Gasteiger partial charge < -0.3 is 4.74 Å². The molecule has 0 amide bonds. The second-order valence-electron chi connectivity index (χ2n) is 6.97. The van der Waals surface area contributed by atoms with Crippen molar-refractivity contribution in [1.82, 2.24) is 9.88 Å². The summed E-state index contributed by atoms with van der Waals surface area (Å²) >= 11 is 1.93. The molecule has 1 fully saturated rings. The van der Waals surface area contributed by atoms with Gasteiger partial charge in [-0.1, -0.05) is 6.07 Å². The van der Waals surface area contributed by atoms with Crippen LogP contribution in [0.3, 0.4) is 0 Å². The molecule has 2 aromatic rings. The summed E-state index contributed by atoms with van der Waals surface area (Å²) in [5, 5.41) is 0. The number of hydrogen-bond acceptors (Lipinski definition) is 4. The van der Waals surface area contributed by atoms with Crippen LogP contribution in [-0.2, 0) is 17.7 Å². The van der Waals surface area contributed by atoms with Gasteiger partial charge in [-0.3, -0.25) is 9.88 Å². The average molecular weight is 345 g/mol. The Kier molecular flexibility index (Phi) is 6.04. The maximum atomic E-state index is 5.88. The Bertz CT molecular complexity index is 628. The lowest BCUT2D eigenvalue weighted by molar-refractivity contribution is 0.0490. The molecule has 0 aromatic carbocycles. The maximum Gasteiger partial charge on any atom is 0.0535 e. The van der Waals surface area contributed by atoms with Gasteiger partial charge in [-0.2, -0.15) is 0 Å². The molecule has 4 heteroatoms. The van der Waals surface area contributed by atoms with Gasteiger partial charge in [0.2, 0.25) is 0 Å². The summed E-state index contributed by atoms with van der Waals surface area (Å²) in [6.07, 6.45) is 7.45. The first kappa shape index (κ1) is 17.6. The number of rotatable bonds is 8. The number of hydrogen-bond donors (Lipinski definition) is 0. The fraction of sp³-hybridized carbons (Fsp3) is 0.550. The highest BCUT2D eigenvalue weighted by atomic mass is 32.1. The van der Waals surface area contributed by atoms with Gasteiger partial charge in [0.25, 0.3) is 0 Å². The van der Waals surface area contributed by atoms with Crippen LogP contribution in [0.4, 0.5) is 0 Å². The fourth-order valence-electron chi connectivity index (χ4n) is 3.63. The number of aryl methyl sites for hydroxylation is 2. The second-order valence-corrected chi connectivity index (χ2v) is 8.34. The lowest BCUT2D eigenvalue weighted by atomic mass is 9.83. The van der Waals surface area contributed by atoms with Crippen LogP contribution in [0, 0.1) is 12.3 Å². The van der Waals surface area contributed by atoms with E-state index in [1.54, 1.807) is 0 Å². The normalized spacial score (nSPS) is 21.4. The molecule has 0 bridgehead atoms. The molecular formula is C20H28N2OS. The SMILES string of the molecule is CCOCC1(CCc2ccc(C)s2)CCN(Cc2cccnc2)C1. The Morgan fingerprint density at radius 2 is 2.25 bits per heavy atom. The van der Waals surface area contributed by atoms with E-state index in [-0.39, 0.29) is 0 Å². The van der Waals surface area contributed by atoms with Crippen molar-refractivity contribution in [2.24, 2.45) is 5.41 Å². The first-order chi connectivity index (χ1) is 11.7. The number of pyridine rings is 1. The number of aromatic nitrogens is 1. The number of nitrogens with zero attached hydrogens (tertiary/aromatic N) is 2. The minimum Gasteiger partial charge on any atom is -0.381 e. The second kappa shape index (κ2) is 8.24. The Morgan fingerprint density at radius 1 is 1.33 bits per heavy atom. The average Bonchev–Trinajstić information content (AvgIpc) is 3.19. The lowest BCUT2D eigenvalue weighted by Crippen LogP contribution is -2.32. The van der Waals surface area contributed by atoms with Crippen LogP contribution in [0.25, 0.3) is 0 Å². The Balaban J connectivity index is 1.61. The van der Waals surface area contributed by atoms with E-state index >= 15 is 0 Å². The first-order valence-electron chi connectivity index (χ1n) is 8.93. The van der Waals surface area contributed by atoms with Gasteiger partial charge in [0.15, 0.2) is 0 Å². The van der Waals surface area contributed by atoms with Crippen molar-refractivity contribution in [3.63, 3.8) is 0 Å². The molecule has 1 atom stereocenters. The van der Waals surface area contributed by atoms with Crippen LogP contribution < -0.4 is 0 Å². The Morgan fingerprint density at radius 3 is 2.96 bits per heavy atom. The smallest absolute Gasteiger partial charge is 0.0535 e. The highest BCUT2D eigenvalue weighted by Gasteiger charge is 2.38. The molecule has 3 rings (SSSR count). The van der Waals surface area contributed by atoms with E-state index < -0.39 is 0 Å². The minimum atomic E-state index is 0.302. The summed E-state index contributed by atoms with van der Waals surface area (Å²) in [5.41, 5.74) is 1.61. The molecule has 0 spiro atoms. The Hall–Kier alpha value is -1.23. The van der Waals surface area contributed by atoms with E-state index in [1.807, 2.05) is 29.8 Å². The summed E-state index contributed by atoms with van der Waals surface area (Å²) < 4.78 is 5.88. The number of likely N-dealkylation sites (tertiary alicyclic amines) is 1. The maximum absolute atomic E-state index is 5.88. The standard InChI is InChI=1S/C20H28N2OS/c1-3-23-16-20(9-8-19-7-6-17(2)24-19)10-12-22(15-20)14-18-5-4-11-21-13-18/h4-7,11,13H,3,8-10,12,14-16H2,1-2H3. The molecule has 0 radical (unpaired) electrons. The fourth-order valence-corrected chi connectivity index (χ4v) is 4.52. The van der Waals surface area contributed by atoms with Crippen molar-refractivity contribution in [2.75, 3.05) is 26.3 Å². The van der Waals surface area contributed by atoms with Crippen molar-refractivity contribution in [3.8, 4) is 0 Å². The molecule has 3 nitrogen and oxygen atoms in total. The topological polar surface area (TPSA) is 25.4 Å². The molecule has 1 unspecified atom stereocenters. The van der Waals surface area contributed by atoms with Crippen LogP contribution >= 0.6 is 11.3 Å². The van der Waals surface area contributed by atoms with E-state index in [2.05, 4.69) is 41.9 Å². The van der Waals surface area contributed by atoms with Gasteiger partial charge in [0.1, 0.15) is 0 Å². The summed E-state index contributed by atoms with van der Waals surface area (Å²) in [7, 11) is 0. The quantitative estimate of drug-likeness (QED) is 0.713. The van der Waals surface area contributed by atoms with Crippen LogP contribution in [-0.4, -0.2) is 36.2 Å². The molecule has 24 heavy (non-hydrogen) atoms. The molecule has 1 saturated heterocycles. The van der Waals surface area contributed by atoms with Crippen molar-refractivity contribution >= 4 is 11.3 Å². The van der Waals surface area contributed by atoms with Gasteiger partial charge in [0.05, 0.1) is 6.61 Å². The number of ether oxygens (including phenoxy) is 1. The van der Waals surface area contributed by atoms with Gasteiger partial charge in [-0.25, -0.2) is 0 Å². The van der Waals surface area contributed by atoms with Crippen LogP contribution in [0.15, 0.2) is 36.7 Å². The zero-order chi connectivity index (χ0) is 16.8. The molecule has 0 N–H and O–H groups in total. The zero-order valence-corrected chi connectivity index (χ0v) is 15.6. The van der Waals surface area contributed by atoms with Crippen LogP contribution in [0.2, 0.25) is 0 Å². The molecule has 1 aliphatic rings. The molecule has 2 aromatic heterocycles. The summed E-state index contributed by atoms with van der Waals surface area (Å²) in [5.74, 6) is 0. The predicted molar refractivity (Wildman–Crippen MR) is 100 cm³/mol. The first-order valence-corrected chi connectivity index (χ1v) is 9.75. The highest BCUT2D eigenvalue weighted by molar-refractivity contribution is 7.11. The van der Waals surface area contributed by atoms with Crippen molar-refractivity contribution in [2.45, 2.75) is 39.7 Å². The van der Waals surface area contributed by atoms with Crippen LogP contribution in [0.1, 0.15) is 35.1 Å². The minimum absolute atomic E-state index is 0.302. The van der Waals surface area contributed by atoms with Gasteiger partial charge in [-0.15, -0.1) is 11.3 Å². The lowest BCUT2D eigenvalue weighted by Gasteiger charge is -2.29. The van der Waals surface area contributed by atoms with E-state index in [0.717, 1.165) is 32.8 Å². The monoisotopic (exact) mass is 344 g/mol. The molecule has 1 aliphatic heterocycles. The van der Waals surface area contributed by atoms with E-state index in [9.17, 15) is 0 Å². The van der Waals surface area contributed by atoms with E-state index in [0.29, 0.717) is 5.41 Å². The van der Waals surface area contributed by atoms with Gasteiger partial charge >= 0.3 is 0 Å².